The van der Waals surface area contributed by atoms with Crippen molar-refractivity contribution in [2.75, 3.05) is 6.54 Å². The van der Waals surface area contributed by atoms with Crippen molar-refractivity contribution < 1.29 is 9.90 Å². The molecule has 1 unspecified atom stereocenters. The van der Waals surface area contributed by atoms with E-state index in [1.807, 2.05) is 53.9 Å². The number of carbonyl (C=O) groups excluding carboxylic acids is 1. The van der Waals surface area contributed by atoms with Gasteiger partial charge in [-0.25, -0.2) is 0 Å². The van der Waals surface area contributed by atoms with Crippen molar-refractivity contribution >= 4 is 28.0 Å². The van der Waals surface area contributed by atoms with Gasteiger partial charge in [-0.2, -0.15) is 0 Å². The average molecular weight is 297 g/mol. The Labute approximate surface area is 126 Å². The van der Waals surface area contributed by atoms with Gasteiger partial charge >= 0.3 is 0 Å². The monoisotopic (exact) mass is 297 g/mol. The molecular weight excluding hydrogens is 282 g/mol. The number of thiophene rings is 1. The topological polar surface area (TPSA) is 49.3 Å². The van der Waals surface area contributed by atoms with E-state index in [0.29, 0.717) is 4.88 Å². The van der Waals surface area contributed by atoms with Crippen molar-refractivity contribution in [1.29, 1.82) is 0 Å². The maximum absolute atomic E-state index is 11.8. The summed E-state index contributed by atoms with van der Waals surface area (Å²) in [6.45, 7) is 0.203. The standard InChI is InChI=1S/C17H15NO2S/c19-15(11-18-17(20)16-6-3-9-21-16)14-8-7-12-4-1-2-5-13(12)10-14/h1-10,15,19H,11H2,(H,18,20). The quantitative estimate of drug-likeness (QED) is 0.775. The normalized spacial score (nSPS) is 12.2. The smallest absolute Gasteiger partial charge is 0.261 e. The molecule has 3 nitrogen and oxygen atoms in total. The van der Waals surface area contributed by atoms with Crippen LogP contribution in [0, 0.1) is 0 Å². The van der Waals surface area contributed by atoms with Gasteiger partial charge in [0, 0.05) is 6.54 Å². The number of fused-ring (bicyclic) bond motifs is 1. The molecule has 1 atom stereocenters. The highest BCUT2D eigenvalue weighted by Gasteiger charge is 2.11. The molecule has 1 aromatic heterocycles. The molecule has 0 aliphatic heterocycles. The lowest BCUT2D eigenvalue weighted by atomic mass is 10.0. The molecule has 0 saturated carbocycles. The molecule has 106 valence electrons. The van der Waals surface area contributed by atoms with Crippen LogP contribution in [0.1, 0.15) is 21.3 Å². The van der Waals surface area contributed by atoms with Gasteiger partial charge in [-0.05, 0) is 33.8 Å². The minimum Gasteiger partial charge on any atom is -0.387 e. The molecule has 0 fully saturated rings. The number of hydrogen-bond donors (Lipinski definition) is 2. The van der Waals surface area contributed by atoms with Crippen LogP contribution in [0.15, 0.2) is 60.0 Å². The molecule has 0 radical (unpaired) electrons. The van der Waals surface area contributed by atoms with E-state index in [0.717, 1.165) is 16.3 Å². The lowest BCUT2D eigenvalue weighted by Crippen LogP contribution is -2.27. The van der Waals surface area contributed by atoms with Gasteiger partial charge in [0.2, 0.25) is 0 Å². The van der Waals surface area contributed by atoms with Gasteiger partial charge in [-0.15, -0.1) is 11.3 Å². The molecule has 1 amide bonds. The number of rotatable bonds is 4. The summed E-state index contributed by atoms with van der Waals surface area (Å²) in [7, 11) is 0. The zero-order valence-electron chi connectivity index (χ0n) is 11.3. The molecule has 3 aromatic rings. The fraction of sp³-hybridized carbons (Fsp3) is 0.118. The predicted octanol–water partition coefficient (Wildman–Crippen LogP) is 3.36. The van der Waals surface area contributed by atoms with E-state index in [4.69, 9.17) is 0 Å². The number of amides is 1. The molecule has 0 spiro atoms. The Morgan fingerprint density at radius 1 is 1.10 bits per heavy atom. The number of aliphatic hydroxyl groups excluding tert-OH is 1. The van der Waals surface area contributed by atoms with Gasteiger partial charge in [0.05, 0.1) is 11.0 Å². The second-order valence-electron chi connectivity index (χ2n) is 4.81. The summed E-state index contributed by atoms with van der Waals surface area (Å²) in [5.41, 5.74) is 0.806. The first-order chi connectivity index (χ1) is 10.2. The van der Waals surface area contributed by atoms with Crippen LogP contribution in [0.5, 0.6) is 0 Å². The van der Waals surface area contributed by atoms with Crippen LogP contribution in [-0.4, -0.2) is 17.6 Å². The summed E-state index contributed by atoms with van der Waals surface area (Å²) >= 11 is 1.39. The van der Waals surface area contributed by atoms with Gasteiger partial charge in [-0.1, -0.05) is 42.5 Å². The number of nitrogens with one attached hydrogen (secondary N) is 1. The largest absolute Gasteiger partial charge is 0.387 e. The Bertz CT molecular complexity index is 752. The fourth-order valence-electron chi connectivity index (χ4n) is 2.22. The maximum atomic E-state index is 11.8. The second kappa shape index (κ2) is 6.08. The summed E-state index contributed by atoms with van der Waals surface area (Å²) in [6, 6.07) is 17.4. The molecule has 2 N–H and O–H groups in total. The van der Waals surface area contributed by atoms with Gasteiger partial charge in [-0.3, -0.25) is 4.79 Å². The van der Waals surface area contributed by atoms with Crippen molar-refractivity contribution in [3.63, 3.8) is 0 Å². The van der Waals surface area contributed by atoms with Crippen molar-refractivity contribution in [3.05, 3.63) is 70.4 Å². The summed E-state index contributed by atoms with van der Waals surface area (Å²) in [5, 5.41) is 17.0. The Morgan fingerprint density at radius 3 is 2.67 bits per heavy atom. The summed E-state index contributed by atoms with van der Waals surface area (Å²) < 4.78 is 0. The summed E-state index contributed by atoms with van der Waals surface area (Å²) in [5.74, 6) is -0.148. The van der Waals surface area contributed by atoms with E-state index in [-0.39, 0.29) is 12.5 Å². The van der Waals surface area contributed by atoms with E-state index >= 15 is 0 Å². The van der Waals surface area contributed by atoms with Crippen molar-refractivity contribution in [3.8, 4) is 0 Å². The van der Waals surface area contributed by atoms with Gasteiger partial charge < -0.3 is 10.4 Å². The minimum absolute atomic E-state index is 0.148. The molecule has 0 aliphatic rings. The van der Waals surface area contributed by atoms with Crippen molar-refractivity contribution in [1.82, 2.24) is 5.32 Å². The SMILES string of the molecule is O=C(NCC(O)c1ccc2ccccc2c1)c1cccs1. The summed E-state index contributed by atoms with van der Waals surface area (Å²) in [4.78, 5) is 12.5. The highest BCUT2D eigenvalue weighted by molar-refractivity contribution is 7.12. The zero-order chi connectivity index (χ0) is 14.7. The predicted molar refractivity (Wildman–Crippen MR) is 85.6 cm³/mol. The van der Waals surface area contributed by atoms with E-state index in [2.05, 4.69) is 5.32 Å². The average Bonchev–Trinajstić information content (AvgIpc) is 3.06. The third-order valence-electron chi connectivity index (χ3n) is 3.36. The molecule has 2 aromatic carbocycles. The number of benzene rings is 2. The first-order valence-corrected chi connectivity index (χ1v) is 7.60. The third-order valence-corrected chi connectivity index (χ3v) is 4.23. The first kappa shape index (κ1) is 13.8. The van der Waals surface area contributed by atoms with E-state index in [1.54, 1.807) is 6.07 Å². The lowest BCUT2D eigenvalue weighted by Gasteiger charge is -2.12. The zero-order valence-corrected chi connectivity index (χ0v) is 12.1. The van der Waals surface area contributed by atoms with E-state index in [1.165, 1.54) is 11.3 Å². The Morgan fingerprint density at radius 2 is 1.90 bits per heavy atom. The maximum Gasteiger partial charge on any atom is 0.261 e. The molecule has 0 saturated heterocycles. The summed E-state index contributed by atoms with van der Waals surface area (Å²) in [6.07, 6.45) is -0.710. The Balaban J connectivity index is 1.69. The van der Waals surface area contributed by atoms with Gasteiger partial charge in [0.25, 0.3) is 5.91 Å². The van der Waals surface area contributed by atoms with Gasteiger partial charge in [0.15, 0.2) is 0 Å². The van der Waals surface area contributed by atoms with E-state index in [9.17, 15) is 9.90 Å². The molecular formula is C17H15NO2S. The molecule has 0 bridgehead atoms. The van der Waals surface area contributed by atoms with Crippen LogP contribution < -0.4 is 5.32 Å². The van der Waals surface area contributed by atoms with Crippen LogP contribution in [0.25, 0.3) is 10.8 Å². The molecule has 3 rings (SSSR count). The van der Waals surface area contributed by atoms with Crippen LogP contribution in [-0.2, 0) is 0 Å². The Kier molecular flexibility index (Phi) is 3.99. The van der Waals surface area contributed by atoms with E-state index < -0.39 is 6.10 Å². The highest BCUT2D eigenvalue weighted by atomic mass is 32.1. The Hall–Kier alpha value is -2.17. The van der Waals surface area contributed by atoms with Crippen molar-refractivity contribution in [2.24, 2.45) is 0 Å². The van der Waals surface area contributed by atoms with Crippen LogP contribution in [0.2, 0.25) is 0 Å². The highest BCUT2D eigenvalue weighted by Crippen LogP contribution is 2.20. The minimum atomic E-state index is -0.710. The fourth-order valence-corrected chi connectivity index (χ4v) is 2.86. The lowest BCUT2D eigenvalue weighted by molar-refractivity contribution is 0.0920. The number of carbonyl (C=O) groups is 1. The molecule has 21 heavy (non-hydrogen) atoms. The van der Waals surface area contributed by atoms with Gasteiger partial charge in [0.1, 0.15) is 0 Å². The third kappa shape index (κ3) is 3.12. The molecule has 1 heterocycles. The van der Waals surface area contributed by atoms with Crippen molar-refractivity contribution in [2.45, 2.75) is 6.10 Å². The van der Waals surface area contributed by atoms with Crippen LogP contribution in [0.4, 0.5) is 0 Å². The van der Waals surface area contributed by atoms with Crippen LogP contribution in [0.3, 0.4) is 0 Å². The molecule has 4 heteroatoms. The molecule has 0 aliphatic carbocycles. The second-order valence-corrected chi connectivity index (χ2v) is 5.76. The first-order valence-electron chi connectivity index (χ1n) is 6.72. The van der Waals surface area contributed by atoms with Crippen LogP contribution >= 0.6 is 11.3 Å². The number of hydrogen-bond acceptors (Lipinski definition) is 3. The number of aliphatic hydroxyl groups is 1.